The van der Waals surface area contributed by atoms with E-state index in [-0.39, 0.29) is 62.4 Å². The Morgan fingerprint density at radius 2 is 0.806 bits per heavy atom. The number of aliphatic hydroxyl groups is 1. The van der Waals surface area contributed by atoms with E-state index in [1.54, 1.807) is 32.5 Å². The summed E-state index contributed by atoms with van der Waals surface area (Å²) in [5.74, 6) is 1.27. The molecule has 67 heavy (non-hydrogen) atoms. The fourth-order valence-corrected chi connectivity index (χ4v) is 9.73. The van der Waals surface area contributed by atoms with Crippen LogP contribution < -0.4 is 49.1 Å². The number of rotatable bonds is 18. The van der Waals surface area contributed by atoms with Crippen molar-refractivity contribution in [3.05, 3.63) is 0 Å². The van der Waals surface area contributed by atoms with Gasteiger partial charge in [0.25, 0.3) is 0 Å². The molecule has 0 radical (unpaired) electrons. The minimum atomic E-state index is -1.00. The van der Waals surface area contributed by atoms with E-state index in [9.17, 15) is 28.8 Å². The summed E-state index contributed by atoms with van der Waals surface area (Å²) < 4.78 is 0. The van der Waals surface area contributed by atoms with Gasteiger partial charge in [0.15, 0.2) is 0 Å². The molecule has 0 bridgehead atoms. The van der Waals surface area contributed by atoms with Crippen LogP contribution in [-0.4, -0.2) is 112 Å². The highest BCUT2D eigenvalue weighted by Crippen LogP contribution is 2.51. The minimum Gasteiger partial charge on any atom is -0.394 e. The molecule has 0 aliphatic heterocycles. The van der Waals surface area contributed by atoms with Gasteiger partial charge in [-0.25, -0.2) is 0 Å². The highest BCUT2D eigenvalue weighted by molar-refractivity contribution is 7.98. The van der Waals surface area contributed by atoms with Crippen molar-refractivity contribution in [2.75, 3.05) is 18.6 Å². The second-order valence-corrected chi connectivity index (χ2v) is 24.0. The van der Waals surface area contributed by atoms with Crippen molar-refractivity contribution in [1.29, 1.82) is 0 Å². The molecule has 3 aliphatic rings. The zero-order valence-corrected chi connectivity index (χ0v) is 45.7. The first-order chi connectivity index (χ1) is 30.5. The van der Waals surface area contributed by atoms with Crippen LogP contribution in [0.1, 0.15) is 169 Å². The number of nitrogens with one attached hydrogen (secondary N) is 6. The van der Waals surface area contributed by atoms with E-state index >= 15 is 0 Å². The summed E-state index contributed by atoms with van der Waals surface area (Å²) in [4.78, 5) is 73.0. The third-order valence-corrected chi connectivity index (χ3v) is 17.9. The minimum absolute atomic E-state index is 0.00606. The van der Waals surface area contributed by atoms with Gasteiger partial charge in [-0.15, -0.1) is 0 Å². The lowest BCUT2D eigenvalue weighted by atomic mass is 9.72. The normalized spacial score (nSPS) is 29.5. The van der Waals surface area contributed by atoms with Gasteiger partial charge in [-0.2, -0.15) is 11.8 Å². The Kier molecular flexibility index (Phi) is 23.4. The van der Waals surface area contributed by atoms with Gasteiger partial charge in [-0.1, -0.05) is 76.2 Å². The van der Waals surface area contributed by atoms with Crippen molar-refractivity contribution in [2.24, 2.45) is 57.1 Å². The summed E-state index contributed by atoms with van der Waals surface area (Å²) in [5, 5.41) is 26.2. The zero-order chi connectivity index (χ0) is 52.3. The summed E-state index contributed by atoms with van der Waals surface area (Å²) in [7, 11) is 0. The Hall–Kier alpha value is -2.99. The molecule has 3 fully saturated rings. The lowest BCUT2D eigenvalue weighted by Gasteiger charge is -2.42. The maximum atomic E-state index is 12.5. The molecule has 0 spiro atoms. The fraction of sp³-hybridized carbons (Fsp3) is 0.880. The summed E-state index contributed by atoms with van der Waals surface area (Å²) >= 11 is 1.65. The standard InChI is InChI=1S/C18H35N3O2.C17H33N3O2S.C15H29N3O3/c1-11(2)10-14(19)16(23)20-13(4)15(22)21-18(7)9-8-12(3)17(18,5)6;1-11-7-9-17(5,16(11,3)4)20-14(21)12(2)19-15(22)13(18)8-10-23-6;1-9-6-7-15(5,14(9,3)4)18-12(20)10(2)17-13(21)11(16)8-19/h11-14H,8-10,19H2,1-7H3,(H,20,23)(H,21,22);11-13H,7-10,18H2,1-6H3,(H,19,22)(H,20,21);9-11,19H,6-8,16H2,1-5H3,(H,17,21)(H,18,20)/t12?,13-,14+,18?;11?,12-,13+,17?;9?,10-,11+,15?/m111/s1. The molecule has 12 atom stereocenters. The maximum absolute atomic E-state index is 12.5. The van der Waals surface area contributed by atoms with Gasteiger partial charge in [-0.05, 0) is 145 Å². The van der Waals surface area contributed by atoms with Crippen LogP contribution in [0.3, 0.4) is 0 Å². The molecule has 0 aromatic rings. The largest absolute Gasteiger partial charge is 0.394 e. The van der Waals surface area contributed by atoms with Gasteiger partial charge < -0.3 is 54.2 Å². The molecule has 16 nitrogen and oxygen atoms in total. The predicted molar refractivity (Wildman–Crippen MR) is 272 cm³/mol. The van der Waals surface area contributed by atoms with Crippen LogP contribution in [0.15, 0.2) is 0 Å². The molecule has 390 valence electrons. The molecular weight excluding hydrogens is 871 g/mol. The first-order valence-corrected chi connectivity index (χ1v) is 26.1. The Balaban J connectivity index is 0.000000503. The highest BCUT2D eigenvalue weighted by atomic mass is 32.2. The van der Waals surface area contributed by atoms with Crippen molar-refractivity contribution in [3.8, 4) is 0 Å². The van der Waals surface area contributed by atoms with Gasteiger partial charge in [0, 0.05) is 16.6 Å². The molecule has 6 amide bonds. The Morgan fingerprint density at radius 1 is 0.522 bits per heavy atom. The van der Waals surface area contributed by atoms with Gasteiger partial charge >= 0.3 is 0 Å². The van der Waals surface area contributed by atoms with Crippen molar-refractivity contribution >= 4 is 47.2 Å². The van der Waals surface area contributed by atoms with Crippen LogP contribution in [0.2, 0.25) is 0 Å². The number of hydrogen-bond acceptors (Lipinski definition) is 11. The van der Waals surface area contributed by atoms with E-state index in [4.69, 9.17) is 22.3 Å². The number of aliphatic hydroxyl groups excluding tert-OH is 1. The van der Waals surface area contributed by atoms with Crippen LogP contribution in [0, 0.1) is 39.9 Å². The summed E-state index contributed by atoms with van der Waals surface area (Å²) in [6, 6.07) is -3.96. The van der Waals surface area contributed by atoms with Crippen molar-refractivity contribution < 1.29 is 33.9 Å². The third-order valence-electron chi connectivity index (χ3n) is 17.2. The van der Waals surface area contributed by atoms with Crippen molar-refractivity contribution in [2.45, 2.75) is 222 Å². The summed E-state index contributed by atoms with van der Waals surface area (Å²) in [6.45, 7) is 34.7. The second kappa shape index (κ2) is 25.2. The molecule has 17 heteroatoms. The average Bonchev–Trinajstić information content (AvgIpc) is 3.66. The van der Waals surface area contributed by atoms with Crippen molar-refractivity contribution in [1.82, 2.24) is 31.9 Å². The molecule has 3 saturated carbocycles. The van der Waals surface area contributed by atoms with Gasteiger partial charge in [0.2, 0.25) is 35.4 Å². The SMILES string of the molecule is CC(C)C[C@H](N)C(=O)N[C@H](C)C(=O)NC1(C)CCC(C)C1(C)C.CC1CCC(C)(NC(=O)[C@@H](C)NC(=O)[C@@H](N)CO)C1(C)C.CSCC[C@H](N)C(=O)N[C@H](C)C(=O)NC1(C)CCC(C)C1(C)C. The number of hydrogen-bond donors (Lipinski definition) is 10. The molecule has 0 saturated heterocycles. The lowest BCUT2D eigenvalue weighted by Crippen LogP contribution is -2.59. The third kappa shape index (κ3) is 16.0. The Labute approximate surface area is 409 Å². The molecule has 3 aliphatic carbocycles. The van der Waals surface area contributed by atoms with Crippen LogP contribution >= 0.6 is 11.8 Å². The van der Waals surface area contributed by atoms with E-state index in [0.29, 0.717) is 36.5 Å². The van der Waals surface area contributed by atoms with Crippen LogP contribution in [0.25, 0.3) is 0 Å². The quantitative estimate of drug-likeness (QED) is 0.0928. The predicted octanol–water partition coefficient (Wildman–Crippen LogP) is 4.24. The summed E-state index contributed by atoms with van der Waals surface area (Å²) in [5.41, 5.74) is 16.4. The van der Waals surface area contributed by atoms with Gasteiger partial charge in [-0.3, -0.25) is 28.8 Å². The Bertz CT molecular complexity index is 1680. The molecule has 0 aromatic carbocycles. The summed E-state index contributed by atoms with van der Waals surface area (Å²) in [6.07, 6.45) is 9.32. The van der Waals surface area contributed by atoms with E-state index in [0.717, 1.165) is 44.3 Å². The van der Waals surface area contributed by atoms with Gasteiger partial charge in [0.1, 0.15) is 24.2 Å². The molecule has 0 heterocycles. The molecule has 0 aromatic heterocycles. The average molecular weight is 968 g/mol. The number of carbonyl (C=O) groups is 6. The lowest BCUT2D eigenvalue weighted by molar-refractivity contribution is -0.131. The molecule has 3 rings (SSSR count). The fourth-order valence-electron chi connectivity index (χ4n) is 9.24. The Morgan fingerprint density at radius 3 is 1.04 bits per heavy atom. The second-order valence-electron chi connectivity index (χ2n) is 23.1. The molecule has 13 N–H and O–H groups in total. The number of nitrogens with two attached hydrogens (primary N) is 3. The number of carbonyl (C=O) groups excluding carboxylic acids is 6. The first kappa shape index (κ1) is 62.0. The number of thioether (sulfide) groups is 1. The van der Waals surface area contributed by atoms with Crippen LogP contribution in [0.4, 0.5) is 0 Å². The molecule has 6 unspecified atom stereocenters. The highest BCUT2D eigenvalue weighted by Gasteiger charge is 2.53. The van der Waals surface area contributed by atoms with Crippen molar-refractivity contribution in [3.63, 3.8) is 0 Å². The van der Waals surface area contributed by atoms with E-state index < -0.39 is 48.8 Å². The first-order valence-electron chi connectivity index (χ1n) is 24.7. The van der Waals surface area contributed by atoms with Crippen LogP contribution in [0.5, 0.6) is 0 Å². The monoisotopic (exact) mass is 968 g/mol. The number of amides is 6. The van der Waals surface area contributed by atoms with E-state index in [1.807, 2.05) is 20.1 Å². The maximum Gasteiger partial charge on any atom is 0.242 e. The van der Waals surface area contributed by atoms with E-state index in [1.165, 1.54) is 0 Å². The zero-order valence-electron chi connectivity index (χ0n) is 44.9. The van der Waals surface area contributed by atoms with E-state index in [2.05, 4.69) is 115 Å². The van der Waals surface area contributed by atoms with Crippen LogP contribution in [-0.2, 0) is 28.8 Å². The smallest absolute Gasteiger partial charge is 0.242 e. The van der Waals surface area contributed by atoms with Gasteiger partial charge in [0.05, 0.1) is 18.7 Å². The molecular formula is C50H97N9O7S. The topological polar surface area (TPSA) is 273 Å².